The fraction of sp³-hybridized carbons (Fsp3) is 0.125. The first-order valence-corrected chi connectivity index (χ1v) is 8.12. The summed E-state index contributed by atoms with van der Waals surface area (Å²) in [6.07, 6.45) is 1.71. The van der Waals surface area contributed by atoms with E-state index >= 15 is 0 Å². The van der Waals surface area contributed by atoms with Crippen LogP contribution in [0, 0.1) is 6.92 Å². The van der Waals surface area contributed by atoms with Gasteiger partial charge >= 0.3 is 0 Å². The van der Waals surface area contributed by atoms with Crippen LogP contribution in [-0.4, -0.2) is 27.4 Å². The maximum atomic E-state index is 12.0. The number of rotatable bonds is 3. The number of hydrogen-bond donors (Lipinski definition) is 2. The van der Waals surface area contributed by atoms with E-state index in [2.05, 4.69) is 0 Å². The molecule has 0 radical (unpaired) electrons. The highest BCUT2D eigenvalue weighted by Crippen LogP contribution is 2.33. The lowest BCUT2D eigenvalue weighted by Gasteiger charge is -2.03. The molecule has 1 aromatic heterocycles. The lowest BCUT2D eigenvalue weighted by atomic mass is 10.1. The van der Waals surface area contributed by atoms with Crippen molar-refractivity contribution in [3.8, 4) is 11.3 Å². The van der Waals surface area contributed by atoms with Gasteiger partial charge in [-0.15, -0.1) is 0 Å². The van der Waals surface area contributed by atoms with Crippen LogP contribution in [-0.2, 0) is 4.79 Å². The van der Waals surface area contributed by atoms with E-state index in [1.54, 1.807) is 13.1 Å². The first-order chi connectivity index (χ1) is 11.0. The van der Waals surface area contributed by atoms with Gasteiger partial charge in [0.25, 0.3) is 5.91 Å². The van der Waals surface area contributed by atoms with Crippen LogP contribution in [0.2, 0.25) is 0 Å². The zero-order valence-corrected chi connectivity index (χ0v) is 14.2. The number of thiocarbonyl (C=S) groups is 1. The van der Waals surface area contributed by atoms with Crippen LogP contribution in [0.5, 0.6) is 0 Å². The standard InChI is InChI=1S/C16H14N2O3S2/c1-9-7-10(17-20)3-5-12(9)13-6-4-11(21-13)8-14-15(19)18(2)16(22)23-14/h3-8,17,20H,1-2H3/p+1/b14-8-. The highest BCUT2D eigenvalue weighted by atomic mass is 32.2. The van der Waals surface area contributed by atoms with Crippen LogP contribution >= 0.6 is 24.0 Å². The molecule has 0 aliphatic carbocycles. The van der Waals surface area contributed by atoms with Gasteiger partial charge < -0.3 is 4.42 Å². The highest BCUT2D eigenvalue weighted by molar-refractivity contribution is 8.26. The summed E-state index contributed by atoms with van der Waals surface area (Å²) in [5.74, 6) is 1.20. The molecule has 1 saturated heterocycles. The van der Waals surface area contributed by atoms with Crippen molar-refractivity contribution in [2.24, 2.45) is 0 Å². The zero-order chi connectivity index (χ0) is 16.6. The summed E-state index contributed by atoms with van der Waals surface area (Å²) in [5.41, 5.74) is 3.74. The summed E-state index contributed by atoms with van der Waals surface area (Å²) in [4.78, 5) is 14.0. The van der Waals surface area contributed by atoms with E-state index in [9.17, 15) is 4.79 Å². The molecule has 0 saturated carbocycles. The van der Waals surface area contributed by atoms with Crippen molar-refractivity contribution in [2.75, 3.05) is 7.05 Å². The number of nitrogens with zero attached hydrogens (tertiary/aromatic N) is 1. The van der Waals surface area contributed by atoms with Crippen LogP contribution in [0.4, 0.5) is 5.69 Å². The number of furan rings is 1. The number of amides is 1. The number of nitrogens with two attached hydrogens (primary N) is 1. The van der Waals surface area contributed by atoms with Crippen molar-refractivity contribution in [3.05, 3.63) is 46.6 Å². The lowest BCUT2D eigenvalue weighted by molar-refractivity contribution is -0.825. The van der Waals surface area contributed by atoms with Crippen LogP contribution in [0.3, 0.4) is 0 Å². The molecule has 1 aliphatic rings. The minimum absolute atomic E-state index is 0.114. The van der Waals surface area contributed by atoms with E-state index in [-0.39, 0.29) is 5.91 Å². The molecule has 3 N–H and O–H groups in total. The summed E-state index contributed by atoms with van der Waals surface area (Å²) in [6, 6.07) is 9.27. The molecule has 1 fully saturated rings. The third kappa shape index (κ3) is 3.09. The van der Waals surface area contributed by atoms with Crippen LogP contribution in [0.1, 0.15) is 11.3 Å². The van der Waals surface area contributed by atoms with Crippen molar-refractivity contribution >= 4 is 46.0 Å². The molecule has 2 aromatic rings. The van der Waals surface area contributed by atoms with Gasteiger partial charge in [0, 0.05) is 30.8 Å². The topological polar surface area (TPSA) is 70.3 Å². The number of hydrogen-bond acceptors (Lipinski definition) is 5. The number of benzene rings is 1. The Balaban J connectivity index is 1.90. The van der Waals surface area contributed by atoms with E-state index < -0.39 is 0 Å². The second-order valence-corrected chi connectivity index (χ2v) is 6.82. The van der Waals surface area contributed by atoms with Gasteiger partial charge in [-0.3, -0.25) is 9.69 Å². The molecule has 118 valence electrons. The largest absolute Gasteiger partial charge is 0.457 e. The SMILES string of the molecule is Cc1cc([NH2+]O)ccc1-c1ccc(/C=C2\SC(=S)N(C)C2=O)o1. The van der Waals surface area contributed by atoms with Gasteiger partial charge in [0.1, 0.15) is 15.8 Å². The maximum Gasteiger partial charge on any atom is 0.266 e. The van der Waals surface area contributed by atoms with E-state index in [0.717, 1.165) is 22.3 Å². The molecule has 3 rings (SSSR count). The molecule has 5 nitrogen and oxygen atoms in total. The van der Waals surface area contributed by atoms with Gasteiger partial charge in [-0.2, -0.15) is 5.48 Å². The number of quaternary nitrogens is 1. The highest BCUT2D eigenvalue weighted by Gasteiger charge is 2.29. The van der Waals surface area contributed by atoms with E-state index in [1.807, 2.05) is 37.3 Å². The van der Waals surface area contributed by atoms with Crippen molar-refractivity contribution < 1.29 is 19.9 Å². The predicted octanol–water partition coefficient (Wildman–Crippen LogP) is 2.67. The van der Waals surface area contributed by atoms with Gasteiger partial charge in [-0.1, -0.05) is 24.0 Å². The minimum atomic E-state index is -0.114. The molecular formula is C16H15N2O3S2+. The molecule has 0 atom stereocenters. The number of likely N-dealkylation sites (N-methyl/N-ethyl adjacent to an activating group) is 1. The number of carbonyl (C=O) groups is 1. The van der Waals surface area contributed by atoms with Gasteiger partial charge in [0.2, 0.25) is 0 Å². The van der Waals surface area contributed by atoms with Crippen molar-refractivity contribution in [1.82, 2.24) is 4.90 Å². The summed E-state index contributed by atoms with van der Waals surface area (Å²) in [6.45, 7) is 1.95. The lowest BCUT2D eigenvalue weighted by Crippen LogP contribution is -2.73. The quantitative estimate of drug-likeness (QED) is 0.387. The summed E-state index contributed by atoms with van der Waals surface area (Å²) < 4.78 is 6.37. The third-order valence-corrected chi connectivity index (χ3v) is 5.04. The molecule has 1 aromatic carbocycles. The summed E-state index contributed by atoms with van der Waals surface area (Å²) >= 11 is 6.37. The Morgan fingerprint density at radius 1 is 1.35 bits per heavy atom. The van der Waals surface area contributed by atoms with E-state index in [4.69, 9.17) is 21.8 Å². The molecule has 1 amide bonds. The average molecular weight is 347 g/mol. The van der Waals surface area contributed by atoms with E-state index in [1.165, 1.54) is 16.7 Å². The van der Waals surface area contributed by atoms with E-state index in [0.29, 0.717) is 20.7 Å². The Bertz CT molecular complexity index is 826. The first kappa shape index (κ1) is 15.9. The average Bonchev–Trinajstić information content (AvgIpc) is 3.08. The molecular weight excluding hydrogens is 332 g/mol. The van der Waals surface area contributed by atoms with Crippen molar-refractivity contribution in [2.45, 2.75) is 6.92 Å². The normalized spacial score (nSPS) is 16.7. The second-order valence-electron chi connectivity index (χ2n) is 5.15. The van der Waals surface area contributed by atoms with Crippen molar-refractivity contribution in [3.63, 3.8) is 0 Å². The Labute approximate surface area is 142 Å². The van der Waals surface area contributed by atoms with Crippen molar-refractivity contribution in [1.29, 1.82) is 0 Å². The smallest absolute Gasteiger partial charge is 0.266 e. The fourth-order valence-corrected chi connectivity index (χ4v) is 3.45. The number of carbonyl (C=O) groups excluding carboxylic acids is 1. The first-order valence-electron chi connectivity index (χ1n) is 6.89. The van der Waals surface area contributed by atoms with Crippen LogP contribution in [0.25, 0.3) is 17.4 Å². The van der Waals surface area contributed by atoms with Gasteiger partial charge in [0.05, 0.1) is 4.91 Å². The Kier molecular flexibility index (Phi) is 4.36. The maximum absolute atomic E-state index is 12.0. The fourth-order valence-electron chi connectivity index (χ4n) is 2.29. The van der Waals surface area contributed by atoms with Crippen LogP contribution in [0.15, 0.2) is 39.7 Å². The van der Waals surface area contributed by atoms with Crippen LogP contribution < -0.4 is 5.48 Å². The molecule has 2 heterocycles. The van der Waals surface area contributed by atoms with Gasteiger partial charge in [-0.05, 0) is 30.7 Å². The Hall–Kier alpha value is -1.93. The zero-order valence-electron chi connectivity index (χ0n) is 12.6. The Morgan fingerprint density at radius 2 is 2.13 bits per heavy atom. The third-order valence-electron chi connectivity index (χ3n) is 3.55. The van der Waals surface area contributed by atoms with Gasteiger partial charge in [-0.25, -0.2) is 5.21 Å². The minimum Gasteiger partial charge on any atom is -0.457 e. The Morgan fingerprint density at radius 3 is 2.74 bits per heavy atom. The monoisotopic (exact) mass is 347 g/mol. The van der Waals surface area contributed by atoms with Gasteiger partial charge in [0.15, 0.2) is 5.69 Å². The molecule has 1 aliphatic heterocycles. The summed E-state index contributed by atoms with van der Waals surface area (Å²) in [5, 5.41) is 9.05. The molecule has 23 heavy (non-hydrogen) atoms. The number of aryl methyl sites for hydroxylation is 1. The number of thioether (sulfide) groups is 1. The summed E-state index contributed by atoms with van der Waals surface area (Å²) in [7, 11) is 1.66. The molecule has 0 spiro atoms. The second kappa shape index (κ2) is 6.29. The molecule has 0 bridgehead atoms. The molecule has 0 unspecified atom stereocenters. The molecule has 7 heteroatoms. The predicted molar refractivity (Wildman–Crippen MR) is 93.2 cm³/mol.